The second kappa shape index (κ2) is 7.53. The van der Waals surface area contributed by atoms with Gasteiger partial charge in [-0.3, -0.25) is 0 Å². The minimum absolute atomic E-state index is 0.370. The molecule has 0 bridgehead atoms. The van der Waals surface area contributed by atoms with Crippen LogP contribution in [0, 0.1) is 0 Å². The first-order valence-electron chi connectivity index (χ1n) is 8.66. The molecule has 1 aromatic heterocycles. The molecule has 0 saturated carbocycles. The van der Waals surface area contributed by atoms with Gasteiger partial charge in [-0.2, -0.15) is 5.10 Å². The normalized spacial score (nSPS) is 11.1. The molecule has 130 valence electrons. The number of nitrogens with two attached hydrogens (primary N) is 1. The number of hydrogen-bond donors (Lipinski definition) is 1. The van der Waals surface area contributed by atoms with E-state index in [-0.39, 0.29) is 0 Å². The fraction of sp³-hybridized carbons (Fsp3) is 0.286. The lowest BCUT2D eigenvalue weighted by Crippen LogP contribution is -2.03. The van der Waals surface area contributed by atoms with Crippen LogP contribution in [0.3, 0.4) is 0 Å². The van der Waals surface area contributed by atoms with E-state index in [1.807, 2.05) is 28.9 Å². The molecule has 0 aliphatic heterocycles. The molecule has 4 nitrogen and oxygen atoms in total. The highest BCUT2D eigenvalue weighted by atomic mass is 16.5. The molecule has 0 aliphatic carbocycles. The SMILES string of the molecule is COc1ccc(-n2nc(C(C)C)cc2-c2ccc(CCN)cc2)cc1. The Morgan fingerprint density at radius 2 is 1.72 bits per heavy atom. The van der Waals surface area contributed by atoms with Gasteiger partial charge in [0.25, 0.3) is 0 Å². The lowest BCUT2D eigenvalue weighted by Gasteiger charge is -2.09. The van der Waals surface area contributed by atoms with Crippen LogP contribution in [-0.2, 0) is 6.42 Å². The standard InChI is InChI=1S/C21H25N3O/c1-15(2)20-14-21(17-6-4-16(5-7-17)12-13-22)24(23-20)18-8-10-19(25-3)11-9-18/h4-11,14-15H,12-13,22H2,1-3H3. The number of ether oxygens (including phenoxy) is 1. The largest absolute Gasteiger partial charge is 0.497 e. The van der Waals surface area contributed by atoms with E-state index in [0.29, 0.717) is 12.5 Å². The summed E-state index contributed by atoms with van der Waals surface area (Å²) in [7, 11) is 1.67. The maximum absolute atomic E-state index is 5.65. The topological polar surface area (TPSA) is 53.1 Å². The zero-order valence-electron chi connectivity index (χ0n) is 15.1. The van der Waals surface area contributed by atoms with Gasteiger partial charge in [-0.05, 0) is 54.8 Å². The zero-order chi connectivity index (χ0) is 17.8. The van der Waals surface area contributed by atoms with Crippen LogP contribution in [0.5, 0.6) is 5.75 Å². The molecule has 0 spiro atoms. The summed E-state index contributed by atoms with van der Waals surface area (Å²) in [4.78, 5) is 0. The van der Waals surface area contributed by atoms with Crippen LogP contribution in [0.4, 0.5) is 0 Å². The lowest BCUT2D eigenvalue weighted by molar-refractivity contribution is 0.414. The Labute approximate surface area is 149 Å². The van der Waals surface area contributed by atoms with Gasteiger partial charge in [0.2, 0.25) is 0 Å². The summed E-state index contributed by atoms with van der Waals surface area (Å²) < 4.78 is 7.27. The summed E-state index contributed by atoms with van der Waals surface area (Å²) in [5, 5.41) is 4.83. The third kappa shape index (κ3) is 3.74. The highest BCUT2D eigenvalue weighted by Gasteiger charge is 2.14. The Morgan fingerprint density at radius 1 is 1.04 bits per heavy atom. The molecule has 0 radical (unpaired) electrons. The van der Waals surface area contributed by atoms with Crippen molar-refractivity contribution in [2.24, 2.45) is 5.73 Å². The molecule has 0 aliphatic rings. The first-order chi connectivity index (χ1) is 12.1. The van der Waals surface area contributed by atoms with Crippen LogP contribution in [0.1, 0.15) is 31.0 Å². The van der Waals surface area contributed by atoms with Crippen molar-refractivity contribution in [2.45, 2.75) is 26.2 Å². The summed E-state index contributed by atoms with van der Waals surface area (Å²) in [5.41, 5.74) is 11.2. The molecule has 2 aromatic carbocycles. The maximum atomic E-state index is 5.65. The van der Waals surface area contributed by atoms with E-state index in [1.54, 1.807) is 7.11 Å². The fourth-order valence-corrected chi connectivity index (χ4v) is 2.82. The third-order valence-electron chi connectivity index (χ3n) is 4.32. The van der Waals surface area contributed by atoms with Crippen molar-refractivity contribution in [3.05, 3.63) is 65.9 Å². The van der Waals surface area contributed by atoms with Gasteiger partial charge < -0.3 is 10.5 Å². The van der Waals surface area contributed by atoms with Crippen molar-refractivity contribution in [1.29, 1.82) is 0 Å². The number of benzene rings is 2. The van der Waals surface area contributed by atoms with E-state index >= 15 is 0 Å². The summed E-state index contributed by atoms with van der Waals surface area (Å²) in [6.07, 6.45) is 0.898. The average molecular weight is 335 g/mol. The molecule has 1 heterocycles. The van der Waals surface area contributed by atoms with Gasteiger partial charge in [-0.25, -0.2) is 4.68 Å². The first kappa shape index (κ1) is 17.2. The Morgan fingerprint density at radius 3 is 2.28 bits per heavy atom. The predicted molar refractivity (Wildman–Crippen MR) is 102 cm³/mol. The molecule has 3 aromatic rings. The Hall–Kier alpha value is -2.59. The highest BCUT2D eigenvalue weighted by molar-refractivity contribution is 5.63. The van der Waals surface area contributed by atoms with E-state index in [0.717, 1.165) is 34.8 Å². The summed E-state index contributed by atoms with van der Waals surface area (Å²) in [6, 6.07) is 18.7. The van der Waals surface area contributed by atoms with E-state index in [1.165, 1.54) is 5.56 Å². The molecule has 0 atom stereocenters. The van der Waals surface area contributed by atoms with Gasteiger partial charge in [-0.1, -0.05) is 38.1 Å². The zero-order valence-corrected chi connectivity index (χ0v) is 15.1. The number of rotatable bonds is 6. The average Bonchev–Trinajstić information content (AvgIpc) is 3.08. The van der Waals surface area contributed by atoms with Crippen LogP contribution in [0.2, 0.25) is 0 Å². The molecule has 4 heteroatoms. The molecule has 2 N–H and O–H groups in total. The highest BCUT2D eigenvalue weighted by Crippen LogP contribution is 2.28. The maximum Gasteiger partial charge on any atom is 0.119 e. The second-order valence-corrected chi connectivity index (χ2v) is 6.45. The van der Waals surface area contributed by atoms with Crippen LogP contribution < -0.4 is 10.5 Å². The predicted octanol–water partition coefficient (Wildman–Crippen LogP) is 4.17. The van der Waals surface area contributed by atoms with Crippen molar-refractivity contribution in [1.82, 2.24) is 9.78 Å². The Balaban J connectivity index is 2.04. The van der Waals surface area contributed by atoms with Gasteiger partial charge in [0.05, 0.1) is 24.2 Å². The quantitative estimate of drug-likeness (QED) is 0.735. The van der Waals surface area contributed by atoms with Crippen LogP contribution >= 0.6 is 0 Å². The van der Waals surface area contributed by atoms with Crippen LogP contribution in [0.25, 0.3) is 16.9 Å². The number of methoxy groups -OCH3 is 1. The van der Waals surface area contributed by atoms with E-state index in [9.17, 15) is 0 Å². The van der Waals surface area contributed by atoms with Crippen LogP contribution in [0.15, 0.2) is 54.6 Å². The van der Waals surface area contributed by atoms with Crippen molar-refractivity contribution in [3.8, 4) is 22.7 Å². The van der Waals surface area contributed by atoms with Gasteiger partial charge in [0, 0.05) is 5.56 Å². The van der Waals surface area contributed by atoms with Gasteiger partial charge in [-0.15, -0.1) is 0 Å². The molecule has 0 fully saturated rings. The second-order valence-electron chi connectivity index (χ2n) is 6.45. The minimum Gasteiger partial charge on any atom is -0.497 e. The molecular weight excluding hydrogens is 310 g/mol. The summed E-state index contributed by atoms with van der Waals surface area (Å²) >= 11 is 0. The number of nitrogens with zero attached hydrogens (tertiary/aromatic N) is 2. The molecular formula is C21H25N3O. The van der Waals surface area contributed by atoms with Crippen LogP contribution in [-0.4, -0.2) is 23.4 Å². The van der Waals surface area contributed by atoms with Crippen molar-refractivity contribution in [3.63, 3.8) is 0 Å². The summed E-state index contributed by atoms with van der Waals surface area (Å²) in [6.45, 7) is 4.99. The van der Waals surface area contributed by atoms with Crippen molar-refractivity contribution in [2.75, 3.05) is 13.7 Å². The van der Waals surface area contributed by atoms with Gasteiger partial charge >= 0.3 is 0 Å². The molecule has 0 saturated heterocycles. The Bertz CT molecular complexity index is 817. The van der Waals surface area contributed by atoms with E-state index in [2.05, 4.69) is 44.2 Å². The summed E-state index contributed by atoms with van der Waals surface area (Å²) in [5.74, 6) is 1.21. The Kier molecular flexibility index (Phi) is 5.19. The van der Waals surface area contributed by atoms with E-state index in [4.69, 9.17) is 15.6 Å². The smallest absolute Gasteiger partial charge is 0.119 e. The van der Waals surface area contributed by atoms with E-state index < -0.39 is 0 Å². The number of aromatic nitrogens is 2. The van der Waals surface area contributed by atoms with Crippen molar-refractivity contribution < 1.29 is 4.74 Å². The third-order valence-corrected chi connectivity index (χ3v) is 4.32. The number of hydrogen-bond acceptors (Lipinski definition) is 3. The first-order valence-corrected chi connectivity index (χ1v) is 8.66. The van der Waals surface area contributed by atoms with Gasteiger partial charge in [0.15, 0.2) is 0 Å². The molecule has 0 amide bonds. The molecule has 25 heavy (non-hydrogen) atoms. The molecule has 0 unspecified atom stereocenters. The lowest BCUT2D eigenvalue weighted by atomic mass is 10.0. The molecule has 3 rings (SSSR count). The van der Waals surface area contributed by atoms with Crippen molar-refractivity contribution >= 4 is 0 Å². The fourth-order valence-electron chi connectivity index (χ4n) is 2.82. The monoisotopic (exact) mass is 335 g/mol. The van der Waals surface area contributed by atoms with Gasteiger partial charge in [0.1, 0.15) is 5.75 Å². The minimum atomic E-state index is 0.370.